The van der Waals surface area contributed by atoms with E-state index in [0.29, 0.717) is 18.0 Å². The van der Waals surface area contributed by atoms with Crippen LogP contribution >= 0.6 is 11.6 Å². The molecule has 1 aliphatic rings. The van der Waals surface area contributed by atoms with Crippen molar-refractivity contribution in [3.8, 4) is 6.07 Å². The van der Waals surface area contributed by atoms with E-state index in [4.69, 9.17) is 16.3 Å². The van der Waals surface area contributed by atoms with Crippen molar-refractivity contribution in [2.45, 2.75) is 44.2 Å². The molecule has 0 spiro atoms. The van der Waals surface area contributed by atoms with Crippen LogP contribution in [0.5, 0.6) is 0 Å². The second kappa shape index (κ2) is 5.67. The molecule has 5 heteroatoms. The van der Waals surface area contributed by atoms with E-state index in [1.54, 1.807) is 12.1 Å². The zero-order valence-electron chi connectivity index (χ0n) is 12.4. The van der Waals surface area contributed by atoms with Gasteiger partial charge in [-0.25, -0.2) is 0 Å². The molecule has 2 atom stereocenters. The molecule has 0 aromatic heterocycles. The standard InChI is InChI=1S/C16H19ClN2O2/c1-15(2,3)21-14(20)13-8-16(9-18,10-19-13)11-4-6-12(17)7-5-11/h4-7,13,19H,8,10H2,1-3H3. The summed E-state index contributed by atoms with van der Waals surface area (Å²) in [7, 11) is 0. The Bertz CT molecular complexity index is 571. The van der Waals surface area contributed by atoms with Crippen LogP contribution < -0.4 is 5.32 Å². The molecule has 0 amide bonds. The summed E-state index contributed by atoms with van der Waals surface area (Å²) in [5.41, 5.74) is -0.378. The van der Waals surface area contributed by atoms with Gasteiger partial charge in [0.2, 0.25) is 0 Å². The number of hydrogen-bond acceptors (Lipinski definition) is 4. The highest BCUT2D eigenvalue weighted by Gasteiger charge is 2.44. The molecule has 21 heavy (non-hydrogen) atoms. The average molecular weight is 307 g/mol. The first-order chi connectivity index (χ1) is 9.76. The maximum Gasteiger partial charge on any atom is 0.323 e. The van der Waals surface area contributed by atoms with E-state index in [1.165, 1.54) is 0 Å². The molecule has 4 nitrogen and oxygen atoms in total. The zero-order chi connectivity index (χ0) is 15.7. The fourth-order valence-electron chi connectivity index (χ4n) is 2.47. The highest BCUT2D eigenvalue weighted by Crippen LogP contribution is 2.34. The van der Waals surface area contributed by atoms with Crippen molar-refractivity contribution in [2.75, 3.05) is 6.54 Å². The molecule has 1 fully saturated rings. The van der Waals surface area contributed by atoms with Crippen molar-refractivity contribution in [2.24, 2.45) is 0 Å². The van der Waals surface area contributed by atoms with Crippen LogP contribution in [0.15, 0.2) is 24.3 Å². The Hall–Kier alpha value is -1.57. The van der Waals surface area contributed by atoms with Gasteiger partial charge in [0.25, 0.3) is 0 Å². The van der Waals surface area contributed by atoms with E-state index >= 15 is 0 Å². The molecule has 1 saturated heterocycles. The average Bonchev–Trinajstić information content (AvgIpc) is 2.83. The minimum Gasteiger partial charge on any atom is -0.459 e. The third kappa shape index (κ3) is 3.55. The van der Waals surface area contributed by atoms with Crippen LogP contribution in [-0.2, 0) is 14.9 Å². The van der Waals surface area contributed by atoms with E-state index < -0.39 is 17.1 Å². The Morgan fingerprint density at radius 3 is 2.57 bits per heavy atom. The van der Waals surface area contributed by atoms with Gasteiger partial charge < -0.3 is 10.1 Å². The molecule has 0 radical (unpaired) electrons. The number of rotatable bonds is 2. The first kappa shape index (κ1) is 15.8. The molecule has 112 valence electrons. The quantitative estimate of drug-likeness (QED) is 0.854. The van der Waals surface area contributed by atoms with Gasteiger partial charge in [0.15, 0.2) is 0 Å². The van der Waals surface area contributed by atoms with Crippen molar-refractivity contribution >= 4 is 17.6 Å². The highest BCUT2D eigenvalue weighted by atomic mass is 35.5. The van der Waals surface area contributed by atoms with Crippen LogP contribution in [0, 0.1) is 11.3 Å². The molecule has 1 N–H and O–H groups in total. The lowest BCUT2D eigenvalue weighted by molar-refractivity contribution is -0.157. The first-order valence-electron chi connectivity index (χ1n) is 6.89. The van der Waals surface area contributed by atoms with Gasteiger partial charge in [-0.15, -0.1) is 0 Å². The number of benzene rings is 1. The molecule has 1 aromatic carbocycles. The van der Waals surface area contributed by atoms with Gasteiger partial charge in [0.05, 0.1) is 11.5 Å². The van der Waals surface area contributed by atoms with Crippen molar-refractivity contribution < 1.29 is 9.53 Å². The largest absolute Gasteiger partial charge is 0.459 e. The summed E-state index contributed by atoms with van der Waals surface area (Å²) >= 11 is 5.89. The maximum absolute atomic E-state index is 12.1. The Labute approximate surface area is 130 Å². The van der Waals surface area contributed by atoms with Gasteiger partial charge in [-0.2, -0.15) is 5.26 Å². The number of halogens is 1. The number of carbonyl (C=O) groups is 1. The fraction of sp³-hybridized carbons (Fsp3) is 0.500. The van der Waals surface area contributed by atoms with Crippen LogP contribution in [0.3, 0.4) is 0 Å². The van der Waals surface area contributed by atoms with E-state index in [0.717, 1.165) is 5.56 Å². The van der Waals surface area contributed by atoms with E-state index in [-0.39, 0.29) is 5.97 Å². The smallest absolute Gasteiger partial charge is 0.323 e. The molecule has 0 aliphatic carbocycles. The second-order valence-corrected chi connectivity index (χ2v) is 6.81. The summed E-state index contributed by atoms with van der Waals surface area (Å²) in [5, 5.41) is 13.3. The Morgan fingerprint density at radius 1 is 1.43 bits per heavy atom. The van der Waals surface area contributed by atoms with E-state index in [9.17, 15) is 10.1 Å². The summed E-state index contributed by atoms with van der Waals surface area (Å²) in [6.07, 6.45) is 0.403. The summed E-state index contributed by atoms with van der Waals surface area (Å²) in [6, 6.07) is 9.09. The summed E-state index contributed by atoms with van der Waals surface area (Å²) in [6.45, 7) is 5.92. The van der Waals surface area contributed by atoms with Crippen molar-refractivity contribution in [3.63, 3.8) is 0 Å². The number of hydrogen-bond donors (Lipinski definition) is 1. The third-order valence-electron chi connectivity index (χ3n) is 3.50. The Morgan fingerprint density at radius 2 is 2.05 bits per heavy atom. The van der Waals surface area contributed by atoms with Gasteiger partial charge in [0.1, 0.15) is 11.6 Å². The lowest BCUT2D eigenvalue weighted by Crippen LogP contribution is -2.37. The topological polar surface area (TPSA) is 62.1 Å². The molecule has 2 rings (SSSR count). The number of nitrogens with one attached hydrogen (secondary N) is 1. The maximum atomic E-state index is 12.1. The van der Waals surface area contributed by atoms with Crippen LogP contribution in [0.25, 0.3) is 0 Å². The molecule has 1 aromatic rings. The molecule has 2 unspecified atom stereocenters. The summed E-state index contributed by atoms with van der Waals surface area (Å²) in [5.74, 6) is -0.311. The summed E-state index contributed by atoms with van der Waals surface area (Å²) in [4.78, 5) is 12.1. The van der Waals surface area contributed by atoms with E-state index in [1.807, 2.05) is 32.9 Å². The van der Waals surface area contributed by atoms with Crippen molar-refractivity contribution in [3.05, 3.63) is 34.9 Å². The normalized spacial score (nSPS) is 25.4. The lowest BCUT2D eigenvalue weighted by atomic mass is 9.80. The zero-order valence-corrected chi connectivity index (χ0v) is 13.2. The lowest BCUT2D eigenvalue weighted by Gasteiger charge is -2.23. The highest BCUT2D eigenvalue weighted by molar-refractivity contribution is 6.30. The van der Waals surface area contributed by atoms with Gasteiger partial charge in [0, 0.05) is 11.6 Å². The fourth-order valence-corrected chi connectivity index (χ4v) is 2.59. The van der Waals surface area contributed by atoms with Gasteiger partial charge in [-0.3, -0.25) is 4.79 Å². The molecular formula is C16H19ClN2O2. The minimum atomic E-state index is -0.716. The monoisotopic (exact) mass is 306 g/mol. The number of nitriles is 1. The third-order valence-corrected chi connectivity index (χ3v) is 3.76. The van der Waals surface area contributed by atoms with Crippen LogP contribution in [-0.4, -0.2) is 24.2 Å². The molecule has 0 bridgehead atoms. The molecule has 1 aliphatic heterocycles. The van der Waals surface area contributed by atoms with Crippen LogP contribution in [0.1, 0.15) is 32.8 Å². The first-order valence-corrected chi connectivity index (χ1v) is 7.27. The SMILES string of the molecule is CC(C)(C)OC(=O)C1CC(C#N)(c2ccc(Cl)cc2)CN1. The van der Waals surface area contributed by atoms with Gasteiger partial charge >= 0.3 is 5.97 Å². The second-order valence-electron chi connectivity index (χ2n) is 6.37. The van der Waals surface area contributed by atoms with Gasteiger partial charge in [-0.05, 0) is 44.9 Å². The number of carbonyl (C=O) groups excluding carboxylic acids is 1. The van der Waals surface area contributed by atoms with E-state index in [2.05, 4.69) is 11.4 Å². The Kier molecular flexibility index (Phi) is 4.27. The number of esters is 1. The predicted octanol–water partition coefficient (Wildman–Crippen LogP) is 2.80. The van der Waals surface area contributed by atoms with Crippen molar-refractivity contribution in [1.82, 2.24) is 5.32 Å². The number of nitrogens with zero attached hydrogens (tertiary/aromatic N) is 1. The Balaban J connectivity index is 2.17. The minimum absolute atomic E-state index is 0.311. The predicted molar refractivity (Wildman–Crippen MR) is 81.0 cm³/mol. The molecule has 1 heterocycles. The van der Waals surface area contributed by atoms with Gasteiger partial charge in [-0.1, -0.05) is 23.7 Å². The number of ether oxygens (including phenoxy) is 1. The van der Waals surface area contributed by atoms with Crippen LogP contribution in [0.2, 0.25) is 5.02 Å². The summed E-state index contributed by atoms with van der Waals surface area (Å²) < 4.78 is 5.38. The van der Waals surface area contributed by atoms with Crippen molar-refractivity contribution in [1.29, 1.82) is 5.26 Å². The molecular weight excluding hydrogens is 288 g/mol. The van der Waals surface area contributed by atoms with Crippen LogP contribution in [0.4, 0.5) is 0 Å². The molecule has 0 saturated carbocycles.